The smallest absolute Gasteiger partial charge is 0.113 e. The van der Waals surface area contributed by atoms with Crippen LogP contribution in [0.25, 0.3) is 5.52 Å². The lowest BCUT2D eigenvalue weighted by Gasteiger charge is -2.03. The number of hydrogen-bond acceptors (Lipinski definition) is 1. The van der Waals surface area contributed by atoms with Crippen molar-refractivity contribution in [3.05, 3.63) is 34.8 Å². The molecule has 3 heteroatoms. The number of halogens is 1. The highest BCUT2D eigenvalue weighted by Gasteiger charge is 2.05. The first kappa shape index (κ1) is 9.71. The zero-order valence-corrected chi connectivity index (χ0v) is 9.95. The van der Waals surface area contributed by atoms with Gasteiger partial charge in [-0.25, -0.2) is 4.98 Å². The molecular formula is C11H13BrN2. The SMILES string of the molecule is CC(C)Cc1ncc2cc(Br)ccn12. The van der Waals surface area contributed by atoms with Gasteiger partial charge in [0.1, 0.15) is 5.82 Å². The monoisotopic (exact) mass is 252 g/mol. The molecule has 0 aliphatic heterocycles. The fourth-order valence-electron chi connectivity index (χ4n) is 1.54. The minimum atomic E-state index is 0.643. The first-order valence-electron chi connectivity index (χ1n) is 4.78. The molecule has 0 saturated carbocycles. The second-order valence-electron chi connectivity index (χ2n) is 3.91. The lowest BCUT2D eigenvalue weighted by molar-refractivity contribution is 0.619. The van der Waals surface area contributed by atoms with Gasteiger partial charge in [-0.05, 0) is 18.1 Å². The van der Waals surface area contributed by atoms with Gasteiger partial charge in [-0.1, -0.05) is 29.8 Å². The van der Waals surface area contributed by atoms with Gasteiger partial charge < -0.3 is 4.40 Å². The molecule has 0 bridgehead atoms. The first-order chi connectivity index (χ1) is 6.66. The van der Waals surface area contributed by atoms with E-state index in [0.717, 1.165) is 22.2 Å². The fraction of sp³-hybridized carbons (Fsp3) is 0.364. The van der Waals surface area contributed by atoms with Gasteiger partial charge in [0.05, 0.1) is 11.7 Å². The van der Waals surface area contributed by atoms with Crippen LogP contribution in [-0.4, -0.2) is 9.38 Å². The summed E-state index contributed by atoms with van der Waals surface area (Å²) in [7, 11) is 0. The molecule has 2 aromatic rings. The van der Waals surface area contributed by atoms with Crippen molar-refractivity contribution >= 4 is 21.4 Å². The Labute approximate surface area is 92.1 Å². The third kappa shape index (κ3) is 1.82. The molecule has 2 heterocycles. The summed E-state index contributed by atoms with van der Waals surface area (Å²) in [5, 5.41) is 0. The molecule has 0 unspecified atom stereocenters. The van der Waals surface area contributed by atoms with E-state index >= 15 is 0 Å². The Kier molecular flexibility index (Phi) is 2.59. The summed E-state index contributed by atoms with van der Waals surface area (Å²) in [5.74, 6) is 1.78. The van der Waals surface area contributed by atoms with E-state index in [-0.39, 0.29) is 0 Å². The molecule has 0 fully saturated rings. The van der Waals surface area contributed by atoms with Gasteiger partial charge >= 0.3 is 0 Å². The van der Waals surface area contributed by atoms with Crippen molar-refractivity contribution in [2.45, 2.75) is 20.3 Å². The van der Waals surface area contributed by atoms with Crippen LogP contribution in [-0.2, 0) is 6.42 Å². The molecule has 0 aromatic carbocycles. The first-order valence-corrected chi connectivity index (χ1v) is 5.57. The number of pyridine rings is 1. The van der Waals surface area contributed by atoms with Crippen molar-refractivity contribution in [1.82, 2.24) is 9.38 Å². The minimum absolute atomic E-state index is 0.643. The second kappa shape index (κ2) is 3.73. The molecule has 2 nitrogen and oxygen atoms in total. The number of imidazole rings is 1. The highest BCUT2D eigenvalue weighted by Crippen LogP contribution is 2.16. The van der Waals surface area contributed by atoms with Gasteiger partial charge in [-0.15, -0.1) is 0 Å². The van der Waals surface area contributed by atoms with Crippen LogP contribution in [0, 0.1) is 5.92 Å². The van der Waals surface area contributed by atoms with Crippen LogP contribution in [0.3, 0.4) is 0 Å². The number of nitrogens with zero attached hydrogens (tertiary/aromatic N) is 2. The molecule has 2 rings (SSSR count). The highest BCUT2D eigenvalue weighted by atomic mass is 79.9. The topological polar surface area (TPSA) is 17.3 Å². The third-order valence-electron chi connectivity index (χ3n) is 2.16. The van der Waals surface area contributed by atoms with E-state index in [1.807, 2.05) is 12.3 Å². The van der Waals surface area contributed by atoms with Crippen LogP contribution in [0.4, 0.5) is 0 Å². The van der Waals surface area contributed by atoms with E-state index in [4.69, 9.17) is 0 Å². The average Bonchev–Trinajstić information content (AvgIpc) is 2.47. The maximum absolute atomic E-state index is 4.42. The molecule has 14 heavy (non-hydrogen) atoms. The zero-order chi connectivity index (χ0) is 10.1. The van der Waals surface area contributed by atoms with Crippen molar-refractivity contribution < 1.29 is 0 Å². The van der Waals surface area contributed by atoms with Crippen LogP contribution >= 0.6 is 15.9 Å². The fourth-order valence-corrected chi connectivity index (χ4v) is 1.90. The maximum Gasteiger partial charge on any atom is 0.113 e. The average molecular weight is 253 g/mol. The van der Waals surface area contributed by atoms with Gasteiger partial charge in [-0.2, -0.15) is 0 Å². The summed E-state index contributed by atoms with van der Waals surface area (Å²) in [6, 6.07) is 4.12. The van der Waals surface area contributed by atoms with E-state index in [1.165, 1.54) is 0 Å². The second-order valence-corrected chi connectivity index (χ2v) is 4.83. The summed E-state index contributed by atoms with van der Waals surface area (Å²) in [5.41, 5.74) is 1.15. The maximum atomic E-state index is 4.42. The molecule has 0 saturated heterocycles. The predicted octanol–water partition coefficient (Wildman–Crippen LogP) is 3.30. The number of hydrogen-bond donors (Lipinski definition) is 0. The minimum Gasteiger partial charge on any atom is -0.304 e. The lowest BCUT2D eigenvalue weighted by Crippen LogP contribution is -1.99. The summed E-state index contributed by atoms with van der Waals surface area (Å²) >= 11 is 3.45. The molecule has 0 radical (unpaired) electrons. The van der Waals surface area contributed by atoms with Gasteiger partial charge in [0.2, 0.25) is 0 Å². The molecule has 0 N–H and O–H groups in total. The van der Waals surface area contributed by atoms with Crippen LogP contribution in [0.2, 0.25) is 0 Å². The normalized spacial score (nSPS) is 11.4. The Morgan fingerprint density at radius 3 is 3.00 bits per heavy atom. The van der Waals surface area contributed by atoms with Crippen LogP contribution in [0.15, 0.2) is 29.0 Å². The van der Waals surface area contributed by atoms with Crippen LogP contribution < -0.4 is 0 Å². The number of fused-ring (bicyclic) bond motifs is 1. The molecule has 0 spiro atoms. The Morgan fingerprint density at radius 2 is 2.29 bits per heavy atom. The summed E-state index contributed by atoms with van der Waals surface area (Å²) < 4.78 is 3.24. The predicted molar refractivity (Wildman–Crippen MR) is 61.4 cm³/mol. The Morgan fingerprint density at radius 1 is 1.50 bits per heavy atom. The van der Waals surface area contributed by atoms with Gasteiger partial charge in [0.25, 0.3) is 0 Å². The van der Waals surface area contributed by atoms with Crippen molar-refractivity contribution in [1.29, 1.82) is 0 Å². The molecule has 0 aliphatic rings. The molecule has 2 aromatic heterocycles. The van der Waals surface area contributed by atoms with E-state index in [0.29, 0.717) is 5.92 Å². The third-order valence-corrected chi connectivity index (χ3v) is 2.65. The number of aromatic nitrogens is 2. The molecule has 0 atom stereocenters. The molecule has 0 aliphatic carbocycles. The van der Waals surface area contributed by atoms with E-state index in [9.17, 15) is 0 Å². The zero-order valence-electron chi connectivity index (χ0n) is 8.37. The quantitative estimate of drug-likeness (QED) is 0.802. The van der Waals surface area contributed by atoms with Gasteiger partial charge in [-0.3, -0.25) is 0 Å². The standard InChI is InChI=1S/C11H13BrN2/c1-8(2)5-11-13-7-10-6-9(12)3-4-14(10)11/h3-4,6-8H,5H2,1-2H3. The Hall–Kier alpha value is -0.830. The summed E-state index contributed by atoms with van der Waals surface area (Å²) in [6.07, 6.45) is 5.00. The van der Waals surface area contributed by atoms with E-state index in [1.54, 1.807) is 0 Å². The van der Waals surface area contributed by atoms with Crippen molar-refractivity contribution in [2.75, 3.05) is 0 Å². The van der Waals surface area contributed by atoms with Gasteiger partial charge in [0.15, 0.2) is 0 Å². The molecular weight excluding hydrogens is 240 g/mol. The highest BCUT2D eigenvalue weighted by molar-refractivity contribution is 9.10. The molecule has 74 valence electrons. The van der Waals surface area contributed by atoms with Crippen molar-refractivity contribution in [2.24, 2.45) is 5.92 Å². The lowest BCUT2D eigenvalue weighted by atomic mass is 10.1. The van der Waals surface area contributed by atoms with Crippen LogP contribution in [0.1, 0.15) is 19.7 Å². The van der Waals surface area contributed by atoms with Gasteiger partial charge in [0, 0.05) is 17.1 Å². The Balaban J connectivity index is 2.47. The van der Waals surface area contributed by atoms with Crippen molar-refractivity contribution in [3.8, 4) is 0 Å². The van der Waals surface area contributed by atoms with Crippen LogP contribution in [0.5, 0.6) is 0 Å². The van der Waals surface area contributed by atoms with E-state index < -0.39 is 0 Å². The van der Waals surface area contributed by atoms with Crippen molar-refractivity contribution in [3.63, 3.8) is 0 Å². The van der Waals surface area contributed by atoms with E-state index in [2.05, 4.69) is 51.4 Å². The summed E-state index contributed by atoms with van der Waals surface area (Å²) in [6.45, 7) is 4.42. The number of rotatable bonds is 2. The largest absolute Gasteiger partial charge is 0.304 e. The Bertz CT molecular complexity index is 445. The summed E-state index contributed by atoms with van der Waals surface area (Å²) in [4.78, 5) is 4.42. The molecule has 0 amide bonds.